The molecule has 3 aliphatic heterocycles. The maximum Gasteiger partial charge on any atom is 0.455 e. The molecule has 2 N–H and O–H groups in total. The van der Waals surface area contributed by atoms with E-state index in [9.17, 15) is 19.7 Å². The van der Waals surface area contributed by atoms with Crippen LogP contribution in [0.2, 0.25) is 16.4 Å². The van der Waals surface area contributed by atoms with Crippen LogP contribution in [0.5, 0.6) is 5.75 Å². The first-order valence-electron chi connectivity index (χ1n) is 21.9. The van der Waals surface area contributed by atoms with Crippen LogP contribution >= 0.6 is 11.6 Å². The first-order chi connectivity index (χ1) is 29.3. The number of carbonyl (C=O) groups excluding carboxylic acids is 2. The highest BCUT2D eigenvalue weighted by Crippen LogP contribution is 2.52. The lowest BCUT2D eigenvalue weighted by atomic mass is 9.58. The third-order valence-electron chi connectivity index (χ3n) is 13.6. The minimum atomic E-state index is -2.98. The number of piperidine rings is 1. The van der Waals surface area contributed by atoms with Crippen molar-refractivity contribution in [1.82, 2.24) is 9.80 Å². The van der Waals surface area contributed by atoms with Crippen molar-refractivity contribution < 1.29 is 28.8 Å². The summed E-state index contributed by atoms with van der Waals surface area (Å²) in [6.07, 6.45) is 4.87. The highest BCUT2D eigenvalue weighted by molar-refractivity contribution is 6.99. The molecule has 1 aliphatic carbocycles. The Hall–Kier alpha value is -4.29. The van der Waals surface area contributed by atoms with Gasteiger partial charge in [-0.15, -0.1) is 0 Å². The summed E-state index contributed by atoms with van der Waals surface area (Å²) < 4.78 is 14.0. The van der Waals surface area contributed by atoms with E-state index in [-0.39, 0.29) is 47.5 Å². The summed E-state index contributed by atoms with van der Waals surface area (Å²) in [6.45, 7) is 11.6. The van der Waals surface area contributed by atoms with Crippen LogP contribution in [0.3, 0.4) is 0 Å². The van der Waals surface area contributed by atoms with Gasteiger partial charge in [0.1, 0.15) is 5.75 Å². The Morgan fingerprint density at radius 3 is 2.13 bits per heavy atom. The summed E-state index contributed by atoms with van der Waals surface area (Å²) in [6, 6.07) is 36.3. The second kappa shape index (κ2) is 18.2. The molecule has 0 bridgehead atoms. The van der Waals surface area contributed by atoms with Gasteiger partial charge in [0, 0.05) is 25.7 Å². The number of nitrogens with zero attached hydrogens (tertiary/aromatic N) is 2. The Balaban J connectivity index is 1.13. The molecule has 8 rings (SSSR count). The molecule has 8 nitrogen and oxygen atoms in total. The number of allylic oxidation sites excluding steroid dienone is 1. The van der Waals surface area contributed by atoms with Gasteiger partial charge in [0.15, 0.2) is 0 Å². The highest BCUT2D eigenvalue weighted by Gasteiger charge is 2.59. The molecule has 4 aliphatic rings. The van der Waals surface area contributed by atoms with E-state index in [0.717, 1.165) is 54.8 Å². The van der Waals surface area contributed by atoms with Crippen LogP contribution in [0, 0.1) is 17.8 Å². The zero-order valence-electron chi connectivity index (χ0n) is 35.8. The fourth-order valence-electron chi connectivity index (χ4n) is 10.7. The number of rotatable bonds is 12. The topological polar surface area (TPSA) is 99.5 Å². The molecule has 4 aromatic carbocycles. The maximum absolute atomic E-state index is 14.8. The second-order valence-electron chi connectivity index (χ2n) is 18.5. The van der Waals surface area contributed by atoms with Gasteiger partial charge in [-0.25, -0.2) is 0 Å². The molecule has 3 heterocycles. The van der Waals surface area contributed by atoms with Gasteiger partial charge in [-0.05, 0) is 107 Å². The molecule has 0 unspecified atom stereocenters. The molecule has 61 heavy (non-hydrogen) atoms. The minimum absolute atomic E-state index is 0.0828. The number of hydrogen-bond donors (Lipinski definition) is 2. The molecule has 2 amide bonds. The number of likely N-dealkylation sites (tertiary alicyclic amines) is 2. The highest BCUT2D eigenvalue weighted by atomic mass is 35.5. The molecular weight excluding hydrogens is 799 g/mol. The smallest absolute Gasteiger partial charge is 0.455 e. The Morgan fingerprint density at radius 1 is 0.902 bits per heavy atom. The molecule has 3 saturated heterocycles. The van der Waals surface area contributed by atoms with Crippen molar-refractivity contribution in [2.45, 2.75) is 89.8 Å². The minimum Gasteiger partial charge on any atom is -0.508 e. The lowest BCUT2D eigenvalue weighted by Crippen LogP contribution is -2.66. The first kappa shape index (κ1) is 43.4. The van der Waals surface area contributed by atoms with Gasteiger partial charge in [-0.1, -0.05) is 135 Å². The summed E-state index contributed by atoms with van der Waals surface area (Å²) in [5.41, 5.74) is 5.15. The van der Waals surface area contributed by atoms with Gasteiger partial charge in [-0.2, -0.15) is 0 Å². The molecule has 318 valence electrons. The molecule has 11 heteroatoms. The van der Waals surface area contributed by atoms with Gasteiger partial charge in [-0.3, -0.25) is 19.4 Å². The summed E-state index contributed by atoms with van der Waals surface area (Å²) in [5.74, 6) is -1.52. The number of phenolic OH excluding ortho intramolecular Hbond substituents is 1. The van der Waals surface area contributed by atoms with E-state index in [0.29, 0.717) is 24.3 Å². The molecule has 0 radical (unpaired) electrons. The number of benzene rings is 4. The summed E-state index contributed by atoms with van der Waals surface area (Å²) in [7, 11) is -4.06. The van der Waals surface area contributed by atoms with E-state index in [1.165, 1.54) is 22.0 Å². The second-order valence-corrected chi connectivity index (χ2v) is 23.3. The first-order valence-corrected chi connectivity index (χ1v) is 24.2. The average Bonchev–Trinajstić information content (AvgIpc) is 3.50. The summed E-state index contributed by atoms with van der Waals surface area (Å²) in [4.78, 5) is 33.6. The van der Waals surface area contributed by atoms with E-state index >= 15 is 0 Å². The van der Waals surface area contributed by atoms with Gasteiger partial charge in [0.2, 0.25) is 11.8 Å². The standard InChI is InChI=1S/C50H58BClN2O6Si/c1-34(28-36-21-22-39(55)30-44(36)52)20-23-45-46-37(33-59-61(50(2,3)4,40-16-10-6-11-17-40)41-18-12-7-13-19-41)29-42-47(43(46)31-51(58)60-45)49(57)54(48(42)56)38-24-26-53(27-25-38)32-35-14-8-5-9-15-35/h5-19,21-22,28,30,38,42-43,45,47,55,58H,20,23-27,29,31-33H2,1-4H3/b34-28+/t42-,43+,45-,47-/m1/s1. The predicted octanol–water partition coefficient (Wildman–Crippen LogP) is 8.27. The van der Waals surface area contributed by atoms with Gasteiger partial charge >= 0.3 is 7.12 Å². The van der Waals surface area contributed by atoms with E-state index in [2.05, 4.69) is 98.5 Å². The number of hydrogen-bond acceptors (Lipinski definition) is 7. The SMILES string of the molecule is C/C(=C\c1ccc(O)cc1Cl)CC[C@H]1OB(O)C[C@H]2C1=C(CO[Si](c1ccccc1)(c1ccccc1)C(C)(C)C)C[C@H]1C(=O)N(C3CCN(Cc4ccccc4)CC3)C(=O)[C@H]12. The largest absolute Gasteiger partial charge is 0.508 e. The van der Waals surface area contributed by atoms with Crippen LogP contribution in [0.4, 0.5) is 0 Å². The van der Waals surface area contributed by atoms with Crippen molar-refractivity contribution in [2.75, 3.05) is 19.7 Å². The van der Waals surface area contributed by atoms with E-state index in [1.807, 2.05) is 31.2 Å². The van der Waals surface area contributed by atoms with Crippen LogP contribution in [0.1, 0.15) is 70.9 Å². The molecule has 0 saturated carbocycles. The Bertz CT molecular complexity index is 2220. The quantitative estimate of drug-likeness (QED) is 0.0842. The number of halogens is 1. The average molecular weight is 857 g/mol. The van der Waals surface area contributed by atoms with Gasteiger partial charge in [0.25, 0.3) is 8.32 Å². The summed E-state index contributed by atoms with van der Waals surface area (Å²) in [5, 5.41) is 23.9. The van der Waals surface area contributed by atoms with E-state index in [4.69, 9.17) is 20.7 Å². The van der Waals surface area contributed by atoms with Crippen molar-refractivity contribution in [3.8, 4) is 5.75 Å². The third-order valence-corrected chi connectivity index (χ3v) is 18.9. The lowest BCUT2D eigenvalue weighted by molar-refractivity contribution is -0.144. The van der Waals surface area contributed by atoms with E-state index in [1.54, 1.807) is 17.0 Å². The van der Waals surface area contributed by atoms with Gasteiger partial charge in [0.05, 0.1) is 29.6 Å². The normalized spacial score (nSPS) is 23.1. The van der Waals surface area contributed by atoms with Crippen molar-refractivity contribution in [3.63, 3.8) is 0 Å². The van der Waals surface area contributed by atoms with Crippen LogP contribution in [0.25, 0.3) is 6.08 Å². The van der Waals surface area contributed by atoms with Crippen LogP contribution in [0.15, 0.2) is 126 Å². The van der Waals surface area contributed by atoms with Crippen molar-refractivity contribution in [1.29, 1.82) is 0 Å². The third kappa shape index (κ3) is 8.86. The number of phenols is 1. The number of amides is 2. The molecular formula is C50H58BClN2O6Si. The Kier molecular flexibility index (Phi) is 12.9. The lowest BCUT2D eigenvalue weighted by Gasteiger charge is -2.46. The number of aromatic hydroxyl groups is 1. The van der Waals surface area contributed by atoms with Crippen LogP contribution < -0.4 is 10.4 Å². The fraction of sp³-hybridized carbons (Fsp3) is 0.400. The summed E-state index contributed by atoms with van der Waals surface area (Å²) >= 11 is 6.48. The zero-order valence-corrected chi connectivity index (χ0v) is 37.6. The molecule has 3 fully saturated rings. The van der Waals surface area contributed by atoms with Crippen molar-refractivity contribution >= 4 is 55.3 Å². The van der Waals surface area contributed by atoms with E-state index < -0.39 is 33.4 Å². The number of fused-ring (bicyclic) bond motifs is 3. The molecule has 4 aromatic rings. The molecule has 4 atom stereocenters. The molecule has 0 aromatic heterocycles. The zero-order chi connectivity index (χ0) is 42.9. The number of carbonyl (C=O) groups is 2. The molecule has 0 spiro atoms. The predicted molar refractivity (Wildman–Crippen MR) is 246 cm³/mol. The van der Waals surface area contributed by atoms with Gasteiger partial charge < -0.3 is 19.2 Å². The fourth-order valence-corrected chi connectivity index (χ4v) is 15.5. The number of imide groups is 1. The van der Waals surface area contributed by atoms with Crippen LogP contribution in [-0.4, -0.2) is 79.0 Å². The maximum atomic E-state index is 14.8. The van der Waals surface area contributed by atoms with Crippen molar-refractivity contribution in [2.24, 2.45) is 17.8 Å². The Labute approximate surface area is 367 Å². The Morgan fingerprint density at radius 2 is 1.52 bits per heavy atom. The van der Waals surface area contributed by atoms with Crippen molar-refractivity contribution in [3.05, 3.63) is 142 Å². The van der Waals surface area contributed by atoms with Crippen LogP contribution in [-0.2, 0) is 25.2 Å². The monoisotopic (exact) mass is 856 g/mol.